The summed E-state index contributed by atoms with van der Waals surface area (Å²) >= 11 is 0. The van der Waals surface area contributed by atoms with Gasteiger partial charge in [0.15, 0.2) is 0 Å². The lowest BCUT2D eigenvalue weighted by Gasteiger charge is -2.43. The molecule has 48 heavy (non-hydrogen) atoms. The number of esters is 3. The van der Waals surface area contributed by atoms with Crippen LogP contribution < -0.4 is 4.74 Å². The fourth-order valence-corrected chi connectivity index (χ4v) is 5.82. The molecule has 4 unspecified atom stereocenters. The Morgan fingerprint density at radius 3 is 1.85 bits per heavy atom. The van der Waals surface area contributed by atoms with Gasteiger partial charge in [0, 0.05) is 33.6 Å². The molecule has 1 aliphatic carbocycles. The van der Waals surface area contributed by atoms with Gasteiger partial charge in [-0.3, -0.25) is 24.0 Å². The van der Waals surface area contributed by atoms with Gasteiger partial charge in [-0.15, -0.1) is 0 Å². The van der Waals surface area contributed by atoms with Crippen LogP contribution in [0.4, 0.5) is 0 Å². The zero-order valence-electron chi connectivity index (χ0n) is 29.5. The van der Waals surface area contributed by atoms with E-state index in [2.05, 4.69) is 4.74 Å². The highest BCUT2D eigenvalue weighted by Gasteiger charge is 2.40. The first-order chi connectivity index (χ1) is 22.2. The number of ether oxygens (including phenoxy) is 4. The van der Waals surface area contributed by atoms with Gasteiger partial charge in [0.2, 0.25) is 0 Å². The van der Waals surface area contributed by atoms with Gasteiger partial charge in [0.1, 0.15) is 29.3 Å². The smallest absolute Gasteiger partial charge is 0.310 e. The Bertz CT molecular complexity index is 1460. The number of phenols is 1. The minimum Gasteiger partial charge on any atom is -0.508 e. The Balaban J connectivity index is 0.000000281. The fourth-order valence-electron chi connectivity index (χ4n) is 5.82. The van der Waals surface area contributed by atoms with Crippen molar-refractivity contribution in [2.45, 2.75) is 137 Å². The molecule has 1 aromatic rings. The highest BCUT2D eigenvalue weighted by atomic mass is 16.6. The van der Waals surface area contributed by atoms with Crippen LogP contribution in [-0.2, 0) is 44.6 Å². The molecule has 0 spiro atoms. The standard InChI is InChI=1S/C17H24O5.C15H20O4.C4H6O3/c1-10-11(2)16-13(9-14(10)21-12(3)18)5-7-17(4,22-16)8-6-15(19)20;1-9-10(2)14-11(8-12(9)16)4-6-15(3,19-14)7-5-13(17)18;1-3(5)7-4(2)6/h9,14,16H,5-8H2,1-4H3,(H,19,20);8,16H,4-7H2,1-3H3,(H,17,18);1-2H3. The third-order valence-corrected chi connectivity index (χ3v) is 8.97. The van der Waals surface area contributed by atoms with Crippen LogP contribution in [0, 0.1) is 13.8 Å². The first-order valence-electron chi connectivity index (χ1n) is 16.0. The Hall–Kier alpha value is -4.19. The van der Waals surface area contributed by atoms with Crippen LogP contribution in [0.25, 0.3) is 0 Å². The molecule has 1 fully saturated rings. The second kappa shape index (κ2) is 16.8. The predicted molar refractivity (Wildman–Crippen MR) is 176 cm³/mol. The average Bonchev–Trinajstić information content (AvgIpc) is 2.98. The number of hydrogen-bond donors (Lipinski definition) is 3. The molecule has 0 aromatic heterocycles. The molecule has 2 aliphatic heterocycles. The third kappa shape index (κ3) is 11.5. The van der Waals surface area contributed by atoms with E-state index >= 15 is 0 Å². The quantitative estimate of drug-likeness (QED) is 0.173. The number of carboxylic acids is 2. The summed E-state index contributed by atoms with van der Waals surface area (Å²) in [4.78, 5) is 52.3. The molecule has 4 atom stereocenters. The summed E-state index contributed by atoms with van der Waals surface area (Å²) in [6.07, 6.45) is 5.97. The number of aromatic hydroxyl groups is 1. The summed E-state index contributed by atoms with van der Waals surface area (Å²) in [7, 11) is 0. The van der Waals surface area contributed by atoms with E-state index in [0.717, 1.165) is 64.8 Å². The zero-order valence-corrected chi connectivity index (χ0v) is 29.5. The molecule has 3 aliphatic rings. The van der Waals surface area contributed by atoms with Crippen LogP contribution in [0.3, 0.4) is 0 Å². The normalized spacial score (nSPS) is 24.1. The maximum absolute atomic E-state index is 11.2. The van der Waals surface area contributed by atoms with E-state index in [4.69, 9.17) is 24.4 Å². The van der Waals surface area contributed by atoms with Gasteiger partial charge in [-0.25, -0.2) is 0 Å². The molecule has 2 heterocycles. The van der Waals surface area contributed by atoms with Gasteiger partial charge >= 0.3 is 29.8 Å². The molecule has 1 saturated heterocycles. The number of carbonyl (C=O) groups is 5. The Morgan fingerprint density at radius 1 is 0.812 bits per heavy atom. The van der Waals surface area contributed by atoms with Crippen LogP contribution in [-0.4, -0.2) is 68.6 Å². The Morgan fingerprint density at radius 2 is 1.35 bits per heavy atom. The average molecular weight is 675 g/mol. The van der Waals surface area contributed by atoms with Crippen molar-refractivity contribution in [3.05, 3.63) is 45.6 Å². The minimum absolute atomic E-state index is 0.111. The molecular weight excluding hydrogens is 624 g/mol. The molecule has 0 radical (unpaired) electrons. The number of benzene rings is 1. The van der Waals surface area contributed by atoms with Crippen molar-refractivity contribution in [2.75, 3.05) is 0 Å². The highest BCUT2D eigenvalue weighted by Crippen LogP contribution is 2.43. The first-order valence-corrected chi connectivity index (χ1v) is 16.0. The Kier molecular flexibility index (Phi) is 14.0. The second-order valence-corrected chi connectivity index (χ2v) is 13.1. The lowest BCUT2D eigenvalue weighted by atomic mass is 9.80. The third-order valence-electron chi connectivity index (χ3n) is 8.97. The van der Waals surface area contributed by atoms with Crippen molar-refractivity contribution in [2.24, 2.45) is 0 Å². The van der Waals surface area contributed by atoms with Crippen LogP contribution in [0.5, 0.6) is 11.5 Å². The van der Waals surface area contributed by atoms with E-state index in [1.807, 2.05) is 47.6 Å². The molecule has 3 N–H and O–H groups in total. The number of carbonyl (C=O) groups excluding carboxylic acids is 3. The highest BCUT2D eigenvalue weighted by molar-refractivity contribution is 5.82. The Labute approximate surface area is 282 Å². The van der Waals surface area contributed by atoms with Gasteiger partial charge in [0.05, 0.1) is 5.60 Å². The summed E-state index contributed by atoms with van der Waals surface area (Å²) in [5, 5.41) is 27.5. The van der Waals surface area contributed by atoms with E-state index in [1.54, 1.807) is 6.07 Å². The van der Waals surface area contributed by atoms with Gasteiger partial charge < -0.3 is 34.3 Å². The van der Waals surface area contributed by atoms with E-state index in [1.165, 1.54) is 20.8 Å². The molecular formula is C36H50O12. The van der Waals surface area contributed by atoms with Gasteiger partial charge in [-0.2, -0.15) is 0 Å². The van der Waals surface area contributed by atoms with Crippen molar-refractivity contribution in [3.8, 4) is 11.5 Å². The second-order valence-electron chi connectivity index (χ2n) is 13.1. The summed E-state index contributed by atoms with van der Waals surface area (Å²) in [5.74, 6) is -1.90. The number of carboxylic acid groups (broad SMARTS) is 2. The van der Waals surface area contributed by atoms with E-state index in [0.29, 0.717) is 18.6 Å². The topological polar surface area (TPSA) is 183 Å². The molecule has 0 amide bonds. The summed E-state index contributed by atoms with van der Waals surface area (Å²) in [6, 6.07) is 1.76. The number of rotatable bonds is 7. The molecule has 0 bridgehead atoms. The maximum atomic E-state index is 11.2. The monoisotopic (exact) mass is 674 g/mol. The van der Waals surface area contributed by atoms with Gasteiger partial charge in [0.25, 0.3) is 0 Å². The van der Waals surface area contributed by atoms with Crippen LogP contribution in [0.15, 0.2) is 28.9 Å². The first kappa shape index (κ1) is 40.0. The maximum Gasteiger partial charge on any atom is 0.310 e. The lowest BCUT2D eigenvalue weighted by Crippen LogP contribution is -2.42. The zero-order chi connectivity index (χ0) is 36.6. The lowest BCUT2D eigenvalue weighted by molar-refractivity contribution is -0.156. The number of phenolic OH excluding ortho intramolecular Hbond substituents is 1. The van der Waals surface area contributed by atoms with E-state index in [9.17, 15) is 29.1 Å². The van der Waals surface area contributed by atoms with Crippen LogP contribution in [0.2, 0.25) is 0 Å². The predicted octanol–water partition coefficient (Wildman–Crippen LogP) is 6.05. The van der Waals surface area contributed by atoms with Crippen molar-refractivity contribution < 1.29 is 58.2 Å². The largest absolute Gasteiger partial charge is 0.508 e. The van der Waals surface area contributed by atoms with Crippen molar-refractivity contribution in [1.82, 2.24) is 0 Å². The SMILES string of the molecule is CC(=O)OC(C)=O.CC(=O)OC1C=C2CCC(C)(CCC(=O)O)OC2C(C)=C1C.Cc1c(O)cc2c(c1C)OC(C)(CCC(=O)O)CC2. The van der Waals surface area contributed by atoms with E-state index < -0.39 is 35.1 Å². The fraction of sp³-hybridized carbons (Fsp3) is 0.583. The van der Waals surface area contributed by atoms with Crippen molar-refractivity contribution in [3.63, 3.8) is 0 Å². The van der Waals surface area contributed by atoms with Crippen LogP contribution in [0.1, 0.15) is 110 Å². The van der Waals surface area contributed by atoms with Crippen molar-refractivity contribution >= 4 is 29.8 Å². The molecule has 12 heteroatoms. The number of aliphatic carboxylic acids is 2. The molecule has 12 nitrogen and oxygen atoms in total. The summed E-state index contributed by atoms with van der Waals surface area (Å²) in [5.41, 5.74) is 5.10. The molecule has 0 saturated carbocycles. The minimum atomic E-state index is -0.798. The summed E-state index contributed by atoms with van der Waals surface area (Å²) in [6.45, 7) is 15.4. The molecule has 1 aromatic carbocycles. The van der Waals surface area contributed by atoms with Gasteiger partial charge in [-0.05, 0) is 126 Å². The van der Waals surface area contributed by atoms with E-state index in [-0.39, 0.29) is 31.0 Å². The summed E-state index contributed by atoms with van der Waals surface area (Å²) < 4.78 is 21.6. The molecule has 266 valence electrons. The van der Waals surface area contributed by atoms with Gasteiger partial charge in [-0.1, -0.05) is 0 Å². The number of fused-ring (bicyclic) bond motifs is 2. The van der Waals surface area contributed by atoms with Crippen molar-refractivity contribution in [1.29, 1.82) is 0 Å². The molecule has 4 rings (SSSR count). The number of hydrogen-bond acceptors (Lipinski definition) is 10. The number of aryl methyl sites for hydroxylation is 1. The van der Waals surface area contributed by atoms with Crippen LogP contribution >= 0.6 is 0 Å².